The van der Waals surface area contributed by atoms with Crippen LogP contribution in [-0.2, 0) is 27.4 Å². The third kappa shape index (κ3) is 7.34. The molecule has 0 saturated carbocycles. The molecule has 8 nitrogen and oxygen atoms in total. The van der Waals surface area contributed by atoms with Gasteiger partial charge in [0.25, 0.3) is 0 Å². The van der Waals surface area contributed by atoms with E-state index >= 15 is 0 Å². The predicted molar refractivity (Wildman–Crippen MR) is 172 cm³/mol. The van der Waals surface area contributed by atoms with E-state index in [1.165, 1.54) is 6.92 Å². The first-order chi connectivity index (χ1) is 21.6. The van der Waals surface area contributed by atoms with Crippen molar-refractivity contribution in [3.05, 3.63) is 125 Å². The molecule has 0 aromatic heterocycles. The number of amides is 2. The van der Waals surface area contributed by atoms with E-state index in [0.29, 0.717) is 17.9 Å². The van der Waals surface area contributed by atoms with Crippen LogP contribution in [-0.4, -0.2) is 41.3 Å². The molecular formula is C37H38N2O6. The van der Waals surface area contributed by atoms with Gasteiger partial charge in [-0.15, -0.1) is 0 Å². The van der Waals surface area contributed by atoms with Crippen molar-refractivity contribution in [2.24, 2.45) is 5.92 Å². The monoisotopic (exact) mass is 606 g/mol. The highest BCUT2D eigenvalue weighted by Gasteiger charge is 2.38. The maximum absolute atomic E-state index is 13.4. The first-order valence-electron chi connectivity index (χ1n) is 15.1. The number of aliphatic carboxylic acids is 1. The Labute approximate surface area is 263 Å². The lowest BCUT2D eigenvalue weighted by Crippen LogP contribution is -2.60. The predicted octanol–water partition coefficient (Wildman–Crippen LogP) is 6.33. The van der Waals surface area contributed by atoms with Crippen LogP contribution in [0.5, 0.6) is 5.75 Å². The fourth-order valence-corrected chi connectivity index (χ4v) is 5.68. The molecule has 0 aliphatic heterocycles. The normalized spacial score (nSPS) is 14.0. The molecule has 1 aliphatic carbocycles. The summed E-state index contributed by atoms with van der Waals surface area (Å²) in [6.45, 7) is 5.53. The lowest BCUT2D eigenvalue weighted by Gasteiger charge is -2.30. The van der Waals surface area contributed by atoms with Crippen LogP contribution in [0.4, 0.5) is 4.79 Å². The molecule has 232 valence electrons. The summed E-state index contributed by atoms with van der Waals surface area (Å²) in [6.07, 6.45) is -0.711. The fraction of sp³-hybridized carbons (Fsp3) is 0.270. The van der Waals surface area contributed by atoms with E-state index in [2.05, 4.69) is 22.8 Å². The number of alkyl carbamates (subject to hydrolysis) is 1. The molecule has 2 amide bonds. The minimum Gasteiger partial charge on any atom is -0.489 e. The molecular weight excluding hydrogens is 568 g/mol. The zero-order valence-electron chi connectivity index (χ0n) is 25.7. The van der Waals surface area contributed by atoms with Crippen molar-refractivity contribution in [1.29, 1.82) is 0 Å². The van der Waals surface area contributed by atoms with Crippen molar-refractivity contribution in [3.63, 3.8) is 0 Å². The van der Waals surface area contributed by atoms with Gasteiger partial charge in [-0.05, 0) is 58.4 Å². The Hall–Kier alpha value is -5.11. The zero-order chi connectivity index (χ0) is 32.0. The third-order valence-corrected chi connectivity index (χ3v) is 8.17. The Balaban J connectivity index is 1.19. The molecule has 0 radical (unpaired) electrons. The second kappa shape index (κ2) is 13.7. The van der Waals surface area contributed by atoms with E-state index < -0.39 is 29.6 Å². The highest BCUT2D eigenvalue weighted by Crippen LogP contribution is 2.44. The molecule has 0 bridgehead atoms. The number of benzene rings is 4. The summed E-state index contributed by atoms with van der Waals surface area (Å²) in [5.74, 6) is -1.60. The summed E-state index contributed by atoms with van der Waals surface area (Å²) < 4.78 is 11.5. The molecule has 0 spiro atoms. The van der Waals surface area contributed by atoms with E-state index in [4.69, 9.17) is 9.47 Å². The summed E-state index contributed by atoms with van der Waals surface area (Å²) in [6, 6.07) is 32.0. The topological polar surface area (TPSA) is 114 Å². The largest absolute Gasteiger partial charge is 0.489 e. The lowest BCUT2D eigenvalue weighted by molar-refractivity contribution is -0.147. The van der Waals surface area contributed by atoms with Gasteiger partial charge in [0.05, 0.1) is 0 Å². The van der Waals surface area contributed by atoms with Crippen LogP contribution in [0, 0.1) is 5.92 Å². The molecule has 1 aliphatic rings. The number of carboxylic acids is 1. The number of hydrogen-bond acceptors (Lipinski definition) is 5. The molecule has 4 aromatic rings. The lowest BCUT2D eigenvalue weighted by atomic mass is 9.91. The van der Waals surface area contributed by atoms with Crippen LogP contribution in [0.15, 0.2) is 103 Å². The maximum Gasteiger partial charge on any atom is 0.407 e. The Bertz CT molecular complexity index is 1610. The number of nitrogens with one attached hydrogen (secondary N) is 2. The average molecular weight is 607 g/mol. The minimum atomic E-state index is -1.63. The molecule has 8 heteroatoms. The van der Waals surface area contributed by atoms with Gasteiger partial charge in [0.1, 0.15) is 30.5 Å². The molecule has 0 fully saturated rings. The summed E-state index contributed by atoms with van der Waals surface area (Å²) in [4.78, 5) is 38.8. The average Bonchev–Trinajstić information content (AvgIpc) is 3.36. The molecule has 2 atom stereocenters. The van der Waals surface area contributed by atoms with Crippen LogP contribution in [0.2, 0.25) is 0 Å². The van der Waals surface area contributed by atoms with Gasteiger partial charge in [0.2, 0.25) is 5.91 Å². The van der Waals surface area contributed by atoms with Crippen molar-refractivity contribution >= 4 is 18.0 Å². The first-order valence-corrected chi connectivity index (χ1v) is 15.1. The van der Waals surface area contributed by atoms with Crippen molar-refractivity contribution < 1.29 is 29.0 Å². The summed E-state index contributed by atoms with van der Waals surface area (Å²) >= 11 is 0. The van der Waals surface area contributed by atoms with Gasteiger partial charge in [-0.1, -0.05) is 105 Å². The maximum atomic E-state index is 13.4. The first kappa shape index (κ1) is 31.3. The molecule has 5 rings (SSSR count). The third-order valence-electron chi connectivity index (χ3n) is 8.17. The van der Waals surface area contributed by atoms with Crippen molar-refractivity contribution in [2.75, 3.05) is 6.61 Å². The molecule has 3 N–H and O–H groups in total. The van der Waals surface area contributed by atoms with Gasteiger partial charge in [-0.25, -0.2) is 9.59 Å². The second-order valence-electron chi connectivity index (χ2n) is 11.9. The zero-order valence-corrected chi connectivity index (χ0v) is 25.7. The van der Waals surface area contributed by atoms with Gasteiger partial charge in [-0.3, -0.25) is 4.79 Å². The number of rotatable bonds is 12. The Morgan fingerprint density at radius 2 is 1.38 bits per heavy atom. The highest BCUT2D eigenvalue weighted by molar-refractivity contribution is 5.91. The molecule has 0 saturated heterocycles. The second-order valence-corrected chi connectivity index (χ2v) is 11.9. The molecule has 0 heterocycles. The van der Waals surface area contributed by atoms with E-state index in [-0.39, 0.29) is 24.9 Å². The van der Waals surface area contributed by atoms with Gasteiger partial charge in [-0.2, -0.15) is 0 Å². The Morgan fingerprint density at radius 1 is 0.800 bits per heavy atom. The van der Waals surface area contributed by atoms with E-state index in [1.807, 2.05) is 66.7 Å². The number of carboxylic acid groups (broad SMARTS) is 1. The smallest absolute Gasteiger partial charge is 0.407 e. The van der Waals surface area contributed by atoms with Gasteiger partial charge >= 0.3 is 12.1 Å². The molecule has 4 aromatic carbocycles. The number of carbonyl (C=O) groups excluding carboxylic acids is 2. The van der Waals surface area contributed by atoms with E-state index in [0.717, 1.165) is 27.8 Å². The Kier molecular flexibility index (Phi) is 9.52. The van der Waals surface area contributed by atoms with Crippen LogP contribution >= 0.6 is 0 Å². The van der Waals surface area contributed by atoms with Gasteiger partial charge in [0.15, 0.2) is 0 Å². The van der Waals surface area contributed by atoms with E-state index in [9.17, 15) is 19.5 Å². The van der Waals surface area contributed by atoms with Crippen molar-refractivity contribution in [1.82, 2.24) is 10.6 Å². The number of ether oxygens (including phenoxy) is 2. The van der Waals surface area contributed by atoms with Crippen molar-refractivity contribution in [2.45, 2.75) is 51.3 Å². The van der Waals surface area contributed by atoms with Crippen LogP contribution in [0.1, 0.15) is 48.9 Å². The summed E-state index contributed by atoms with van der Waals surface area (Å²) in [5.41, 5.74) is 4.51. The van der Waals surface area contributed by atoms with Crippen LogP contribution in [0.25, 0.3) is 11.1 Å². The summed E-state index contributed by atoms with van der Waals surface area (Å²) in [7, 11) is 0. The quantitative estimate of drug-likeness (QED) is 0.174. The summed E-state index contributed by atoms with van der Waals surface area (Å²) in [5, 5.41) is 15.5. The fourth-order valence-electron chi connectivity index (χ4n) is 5.68. The van der Waals surface area contributed by atoms with Gasteiger partial charge in [0, 0.05) is 12.3 Å². The van der Waals surface area contributed by atoms with Crippen LogP contribution < -0.4 is 15.4 Å². The van der Waals surface area contributed by atoms with Crippen LogP contribution in [0.3, 0.4) is 0 Å². The number of hydrogen-bond donors (Lipinski definition) is 3. The van der Waals surface area contributed by atoms with E-state index in [1.54, 1.807) is 38.1 Å². The highest BCUT2D eigenvalue weighted by atomic mass is 16.5. The van der Waals surface area contributed by atoms with Gasteiger partial charge < -0.3 is 25.2 Å². The Morgan fingerprint density at radius 3 is 1.96 bits per heavy atom. The molecule has 0 unspecified atom stereocenters. The molecule has 45 heavy (non-hydrogen) atoms. The minimum absolute atomic E-state index is 0.0306. The number of fused-ring (bicyclic) bond motifs is 3. The standard InChI is InChI=1S/C37H38N2O6/c1-24(2)33(38-36(43)45-23-32-30-15-9-7-13-28(30)29-14-8-10-16-31(29)32)34(40)39-37(3,35(41)42)21-25-17-19-27(20-18-25)44-22-26-11-5-4-6-12-26/h4-20,24,32-33H,21-23H2,1-3H3,(H,38,43)(H,39,40)(H,41,42)/t33-,37-/m0/s1. The SMILES string of the molecule is CC(C)[C@H](NC(=O)OCC1c2ccccc2-c2ccccc21)C(=O)N[C@@](C)(Cc1ccc(OCc2ccccc2)cc1)C(=O)O. The number of carbonyl (C=O) groups is 3. The van der Waals surface area contributed by atoms with Crippen molar-refractivity contribution in [3.8, 4) is 16.9 Å².